The topological polar surface area (TPSA) is 31.8 Å². The fraction of sp³-hybridized carbons (Fsp3) is 0.346. The van der Waals surface area contributed by atoms with Gasteiger partial charge >= 0.3 is 0 Å². The molecule has 1 fully saturated rings. The van der Waals surface area contributed by atoms with E-state index >= 15 is 0 Å². The lowest BCUT2D eigenvalue weighted by Gasteiger charge is -2.25. The second-order valence-corrected chi connectivity index (χ2v) is 8.49. The van der Waals surface area contributed by atoms with Crippen molar-refractivity contribution in [1.29, 1.82) is 0 Å². The highest BCUT2D eigenvalue weighted by Gasteiger charge is 2.25. The van der Waals surface area contributed by atoms with Crippen LogP contribution in [0, 0.1) is 5.82 Å². The molecule has 1 saturated heterocycles. The first-order valence-electron chi connectivity index (χ1n) is 11.0. The molecule has 0 spiro atoms. The number of benzene rings is 2. The molecule has 0 saturated carbocycles. The zero-order valence-electron chi connectivity index (χ0n) is 19.3. The number of likely N-dealkylation sites (N-methyl/N-ethyl adjacent to an activating group) is 1. The Morgan fingerprint density at radius 2 is 1.66 bits per heavy atom. The number of nitrogens with zero attached hydrogens (tertiary/aromatic N) is 4. The number of hydrogen-bond acceptors (Lipinski definition) is 5. The van der Waals surface area contributed by atoms with Gasteiger partial charge in [-0.15, -0.1) is 0 Å². The van der Waals surface area contributed by atoms with Gasteiger partial charge in [-0.05, 0) is 49.4 Å². The largest absolute Gasteiger partial charge is 0.481 e. The number of rotatable bonds is 5. The molecular weight excluding hydrogens is 403 g/mol. The van der Waals surface area contributed by atoms with Gasteiger partial charge in [-0.3, -0.25) is 4.90 Å². The first-order chi connectivity index (χ1) is 15.5. The standard InChI is InChI=1S/C26H31FN4O/c1-29(2)22-11-7-20(8-12-22)26-24(13-14-25(28-26)32-4)31-16-15-23(30(3)17-18-31)19-5-9-21(27)10-6-19/h5-14,23H,15-18H2,1-4H3. The molecule has 1 aliphatic heterocycles. The van der Waals surface area contributed by atoms with Gasteiger partial charge in [-0.1, -0.05) is 24.3 Å². The fourth-order valence-electron chi connectivity index (χ4n) is 4.32. The van der Waals surface area contributed by atoms with E-state index in [1.165, 1.54) is 0 Å². The van der Waals surface area contributed by atoms with E-state index in [0.29, 0.717) is 5.88 Å². The second-order valence-electron chi connectivity index (χ2n) is 8.49. The van der Waals surface area contributed by atoms with Gasteiger partial charge in [0.25, 0.3) is 0 Å². The highest BCUT2D eigenvalue weighted by molar-refractivity contribution is 5.77. The van der Waals surface area contributed by atoms with Gasteiger partial charge in [0.05, 0.1) is 18.5 Å². The number of halogens is 1. The number of aromatic nitrogens is 1. The van der Waals surface area contributed by atoms with Crippen LogP contribution in [0.5, 0.6) is 5.88 Å². The summed E-state index contributed by atoms with van der Waals surface area (Å²) in [5.41, 5.74) is 5.41. The van der Waals surface area contributed by atoms with Crippen LogP contribution in [0.2, 0.25) is 0 Å². The summed E-state index contributed by atoms with van der Waals surface area (Å²) < 4.78 is 18.8. The van der Waals surface area contributed by atoms with Crippen LogP contribution in [0.25, 0.3) is 11.3 Å². The Labute approximate surface area is 190 Å². The van der Waals surface area contributed by atoms with Crippen molar-refractivity contribution in [3.05, 3.63) is 72.0 Å². The van der Waals surface area contributed by atoms with Crippen molar-refractivity contribution in [2.75, 3.05) is 57.7 Å². The minimum absolute atomic E-state index is 0.194. The maximum absolute atomic E-state index is 13.4. The van der Waals surface area contributed by atoms with E-state index in [2.05, 4.69) is 52.1 Å². The average Bonchev–Trinajstić information content (AvgIpc) is 3.01. The zero-order valence-corrected chi connectivity index (χ0v) is 19.3. The molecule has 0 aliphatic carbocycles. The molecule has 168 valence electrons. The zero-order chi connectivity index (χ0) is 22.7. The molecular formula is C26H31FN4O. The van der Waals surface area contributed by atoms with Crippen LogP contribution in [0.4, 0.5) is 15.8 Å². The fourth-order valence-corrected chi connectivity index (χ4v) is 4.32. The molecule has 0 N–H and O–H groups in total. The van der Waals surface area contributed by atoms with Crippen molar-refractivity contribution in [1.82, 2.24) is 9.88 Å². The molecule has 2 heterocycles. The summed E-state index contributed by atoms with van der Waals surface area (Å²) in [7, 11) is 7.87. The summed E-state index contributed by atoms with van der Waals surface area (Å²) in [5.74, 6) is 0.414. The normalized spacial score (nSPS) is 17.2. The second kappa shape index (κ2) is 9.57. The molecule has 6 heteroatoms. The molecule has 1 aromatic heterocycles. The number of hydrogen-bond donors (Lipinski definition) is 0. The predicted octanol–water partition coefficient (Wildman–Crippen LogP) is 4.85. The minimum atomic E-state index is -0.194. The van der Waals surface area contributed by atoms with Gasteiger partial charge in [-0.25, -0.2) is 9.37 Å². The quantitative estimate of drug-likeness (QED) is 0.573. The number of ether oxygens (including phenoxy) is 1. The smallest absolute Gasteiger partial charge is 0.213 e. The molecule has 3 aromatic rings. The number of anilines is 2. The maximum atomic E-state index is 13.4. The van der Waals surface area contributed by atoms with Crippen LogP contribution < -0.4 is 14.5 Å². The molecule has 4 rings (SSSR count). The first-order valence-corrected chi connectivity index (χ1v) is 11.0. The first kappa shape index (κ1) is 22.1. The molecule has 1 atom stereocenters. The Kier molecular flexibility index (Phi) is 6.61. The lowest BCUT2D eigenvalue weighted by molar-refractivity contribution is 0.258. The predicted molar refractivity (Wildman–Crippen MR) is 129 cm³/mol. The average molecular weight is 435 g/mol. The van der Waals surface area contributed by atoms with Crippen molar-refractivity contribution in [3.63, 3.8) is 0 Å². The lowest BCUT2D eigenvalue weighted by atomic mass is 10.0. The van der Waals surface area contributed by atoms with Crippen molar-refractivity contribution in [2.45, 2.75) is 12.5 Å². The van der Waals surface area contributed by atoms with E-state index in [1.54, 1.807) is 19.2 Å². The van der Waals surface area contributed by atoms with Crippen molar-refractivity contribution in [3.8, 4) is 17.1 Å². The van der Waals surface area contributed by atoms with Crippen molar-refractivity contribution >= 4 is 11.4 Å². The summed E-state index contributed by atoms with van der Waals surface area (Å²) in [6.45, 7) is 2.70. The summed E-state index contributed by atoms with van der Waals surface area (Å²) in [4.78, 5) is 11.7. The van der Waals surface area contributed by atoms with Crippen LogP contribution in [0.3, 0.4) is 0 Å². The van der Waals surface area contributed by atoms with Gasteiger partial charge in [0.15, 0.2) is 0 Å². The SMILES string of the molecule is COc1ccc(N2CCC(c3ccc(F)cc3)N(C)CC2)c(-c2ccc(N(C)C)cc2)n1. The Morgan fingerprint density at radius 1 is 0.938 bits per heavy atom. The van der Waals surface area contributed by atoms with E-state index in [9.17, 15) is 4.39 Å². The third-order valence-corrected chi connectivity index (χ3v) is 6.24. The monoisotopic (exact) mass is 434 g/mol. The molecule has 0 radical (unpaired) electrons. The highest BCUT2D eigenvalue weighted by Crippen LogP contribution is 2.35. The maximum Gasteiger partial charge on any atom is 0.213 e. The van der Waals surface area contributed by atoms with Crippen molar-refractivity contribution in [2.24, 2.45) is 0 Å². The summed E-state index contributed by atoms with van der Waals surface area (Å²) in [6, 6.07) is 19.7. The molecule has 1 unspecified atom stereocenters. The highest BCUT2D eigenvalue weighted by atomic mass is 19.1. The summed E-state index contributed by atoms with van der Waals surface area (Å²) >= 11 is 0. The third kappa shape index (κ3) is 4.70. The third-order valence-electron chi connectivity index (χ3n) is 6.24. The van der Waals surface area contributed by atoms with Crippen LogP contribution in [-0.2, 0) is 0 Å². The van der Waals surface area contributed by atoms with E-state index in [4.69, 9.17) is 9.72 Å². The molecule has 0 bridgehead atoms. The van der Waals surface area contributed by atoms with E-state index in [0.717, 1.165) is 54.3 Å². The summed E-state index contributed by atoms with van der Waals surface area (Å²) in [6.07, 6.45) is 0.952. The van der Waals surface area contributed by atoms with Gasteiger partial charge in [-0.2, -0.15) is 0 Å². The Morgan fingerprint density at radius 3 is 2.31 bits per heavy atom. The molecule has 5 nitrogen and oxygen atoms in total. The van der Waals surface area contributed by atoms with Crippen molar-refractivity contribution < 1.29 is 9.13 Å². The summed E-state index contributed by atoms with van der Waals surface area (Å²) in [5, 5.41) is 0. The van der Waals surface area contributed by atoms with E-state index in [-0.39, 0.29) is 11.9 Å². The van der Waals surface area contributed by atoms with Crippen LogP contribution in [0.1, 0.15) is 18.0 Å². The minimum Gasteiger partial charge on any atom is -0.481 e. The van der Waals surface area contributed by atoms with Gasteiger partial charge in [0.1, 0.15) is 5.82 Å². The molecule has 2 aromatic carbocycles. The molecule has 32 heavy (non-hydrogen) atoms. The van der Waals surface area contributed by atoms with Gasteiger partial charge in [0, 0.05) is 57.1 Å². The van der Waals surface area contributed by atoms with Gasteiger partial charge < -0.3 is 14.5 Å². The van der Waals surface area contributed by atoms with Crippen LogP contribution >= 0.6 is 0 Å². The number of pyridine rings is 1. The van der Waals surface area contributed by atoms with E-state index in [1.807, 2.05) is 32.3 Å². The van der Waals surface area contributed by atoms with Crippen LogP contribution in [-0.4, -0.2) is 57.8 Å². The Hall–Kier alpha value is -3.12. The Balaban J connectivity index is 1.63. The van der Waals surface area contributed by atoms with Gasteiger partial charge in [0.2, 0.25) is 5.88 Å². The number of methoxy groups -OCH3 is 1. The molecule has 0 amide bonds. The molecule has 1 aliphatic rings. The van der Waals surface area contributed by atoms with E-state index < -0.39 is 0 Å². The van der Waals surface area contributed by atoms with Crippen LogP contribution in [0.15, 0.2) is 60.7 Å². The lowest BCUT2D eigenvalue weighted by Crippen LogP contribution is -2.30. The Bertz CT molecular complexity index is 1040.